The van der Waals surface area contributed by atoms with Crippen LogP contribution in [-0.4, -0.2) is 22.2 Å². The zero-order valence-corrected chi connectivity index (χ0v) is 16.9. The van der Waals surface area contributed by atoms with Gasteiger partial charge in [0, 0.05) is 16.4 Å². The van der Waals surface area contributed by atoms with E-state index < -0.39 is 6.17 Å². The fraction of sp³-hybridized carbons (Fsp3) is 0.263. The molecule has 3 aromatic rings. The molecule has 0 spiro atoms. The average Bonchev–Trinajstić information content (AvgIpc) is 3.11. The molecule has 0 radical (unpaired) electrons. The van der Waals surface area contributed by atoms with Crippen LogP contribution in [0.5, 0.6) is 0 Å². The highest BCUT2D eigenvalue weighted by atomic mass is 32.2. The molecule has 0 unspecified atom stereocenters. The summed E-state index contributed by atoms with van der Waals surface area (Å²) in [6.07, 6.45) is 1.75. The molecular weight excluding hydrogens is 380 g/mol. The van der Waals surface area contributed by atoms with Gasteiger partial charge < -0.3 is 0 Å². The highest BCUT2D eigenvalue weighted by molar-refractivity contribution is 7.98. The number of benzene rings is 1. The Bertz CT molecular complexity index is 1090. The fourth-order valence-electron chi connectivity index (χ4n) is 3.35. The van der Waals surface area contributed by atoms with E-state index in [0.717, 1.165) is 15.4 Å². The molecule has 1 aliphatic rings. The fourth-order valence-corrected chi connectivity index (χ4v) is 4.67. The van der Waals surface area contributed by atoms with Crippen LogP contribution in [0.4, 0.5) is 5.69 Å². The lowest BCUT2D eigenvalue weighted by atomic mass is 10.0. The van der Waals surface area contributed by atoms with Gasteiger partial charge in [-0.3, -0.25) is 14.6 Å². The van der Waals surface area contributed by atoms with Crippen LogP contribution in [0, 0.1) is 6.92 Å². The van der Waals surface area contributed by atoms with Gasteiger partial charge in [0.05, 0.1) is 16.1 Å². The van der Waals surface area contributed by atoms with Crippen molar-refractivity contribution in [1.82, 2.24) is 10.1 Å². The van der Waals surface area contributed by atoms with Gasteiger partial charge in [-0.05, 0) is 42.1 Å². The summed E-state index contributed by atoms with van der Waals surface area (Å²) < 4.78 is 1.70. The van der Waals surface area contributed by atoms with Crippen molar-refractivity contribution in [2.45, 2.75) is 31.6 Å². The summed E-state index contributed by atoms with van der Waals surface area (Å²) in [6, 6.07) is 11.5. The first kappa shape index (κ1) is 17.9. The van der Waals surface area contributed by atoms with Crippen LogP contribution < -0.4 is 15.1 Å². The number of aromatic amines is 1. The summed E-state index contributed by atoms with van der Waals surface area (Å²) in [5, 5.41) is 5.18. The number of nitrogens with one attached hydrogen (secondary N) is 1. The number of para-hydroxylation sites is 1. The molecule has 3 heterocycles. The molecular formula is C19H19N4O2S2+. The molecule has 1 amide bonds. The molecule has 6 nitrogen and oxygen atoms in total. The van der Waals surface area contributed by atoms with Gasteiger partial charge in [-0.2, -0.15) is 0 Å². The van der Waals surface area contributed by atoms with Gasteiger partial charge in [-0.25, -0.2) is 4.90 Å². The number of carbonyl (C=O) groups excluding carboxylic acids is 1. The first-order valence-corrected chi connectivity index (χ1v) is 10.7. The normalized spacial score (nSPS) is 15.4. The van der Waals surface area contributed by atoms with E-state index in [1.54, 1.807) is 20.9 Å². The van der Waals surface area contributed by atoms with E-state index in [-0.39, 0.29) is 11.5 Å². The number of H-pyrrole nitrogens is 1. The standard InChI is InChI=1S/C19H18N4O2S2/c1-4-15(24)22-13-8-6-5-7-12(13)16-17(25)20-19(26-3)21-23(16)18(22)14-10-9-11(2)27-14/h5-10,18H,4H2,1-3H3/p+1/t18-/m1/s1. The Morgan fingerprint density at radius 1 is 1.33 bits per heavy atom. The Kier molecular flexibility index (Phi) is 4.61. The second kappa shape index (κ2) is 6.94. The number of anilines is 1. The molecule has 0 saturated heterocycles. The highest BCUT2D eigenvalue weighted by Gasteiger charge is 2.45. The average molecular weight is 400 g/mol. The largest absolute Gasteiger partial charge is 0.325 e. The van der Waals surface area contributed by atoms with Crippen LogP contribution in [0.15, 0.2) is 46.3 Å². The van der Waals surface area contributed by atoms with E-state index in [0.29, 0.717) is 22.8 Å². The van der Waals surface area contributed by atoms with Crippen molar-refractivity contribution >= 4 is 34.7 Å². The minimum atomic E-state index is -0.478. The molecule has 0 aliphatic carbocycles. The van der Waals surface area contributed by atoms with Crippen LogP contribution in [0.1, 0.15) is 29.3 Å². The Morgan fingerprint density at radius 2 is 2.11 bits per heavy atom. The minimum Gasteiger partial charge on any atom is -0.291 e. The van der Waals surface area contributed by atoms with Crippen molar-refractivity contribution in [1.29, 1.82) is 0 Å². The summed E-state index contributed by atoms with van der Waals surface area (Å²) in [5.74, 6) is -0.00978. The van der Waals surface area contributed by atoms with Gasteiger partial charge in [0.1, 0.15) is 0 Å². The lowest BCUT2D eigenvalue weighted by Crippen LogP contribution is -2.60. The first-order valence-electron chi connectivity index (χ1n) is 8.63. The first-order chi connectivity index (χ1) is 13.0. The van der Waals surface area contributed by atoms with Crippen molar-refractivity contribution in [3.8, 4) is 11.3 Å². The summed E-state index contributed by atoms with van der Waals surface area (Å²) in [6.45, 7) is 3.88. The van der Waals surface area contributed by atoms with Crippen LogP contribution in [0.2, 0.25) is 0 Å². The second-order valence-electron chi connectivity index (χ2n) is 6.21. The predicted molar refractivity (Wildman–Crippen MR) is 107 cm³/mol. The van der Waals surface area contributed by atoms with Gasteiger partial charge in [0.2, 0.25) is 11.1 Å². The third-order valence-corrected chi connectivity index (χ3v) is 6.15. The van der Waals surface area contributed by atoms with E-state index in [1.165, 1.54) is 11.8 Å². The minimum absolute atomic E-state index is 0.00978. The van der Waals surface area contributed by atoms with Gasteiger partial charge >= 0.3 is 17.4 Å². The monoisotopic (exact) mass is 399 g/mol. The topological polar surface area (TPSA) is 69.9 Å². The molecule has 0 bridgehead atoms. The number of aryl methyl sites for hydroxylation is 1. The van der Waals surface area contributed by atoms with Crippen LogP contribution >= 0.6 is 23.1 Å². The Hall–Kier alpha value is -2.45. The van der Waals surface area contributed by atoms with Crippen LogP contribution in [-0.2, 0) is 4.79 Å². The quantitative estimate of drug-likeness (QED) is 0.543. The lowest BCUT2D eigenvalue weighted by molar-refractivity contribution is -0.762. The van der Waals surface area contributed by atoms with Crippen molar-refractivity contribution < 1.29 is 9.48 Å². The Labute approximate surface area is 164 Å². The number of thiophene rings is 1. The number of rotatable bonds is 3. The number of aromatic nitrogens is 3. The lowest BCUT2D eigenvalue weighted by Gasteiger charge is -2.31. The number of hydrogen-bond donors (Lipinski definition) is 1. The summed E-state index contributed by atoms with van der Waals surface area (Å²) in [7, 11) is 0. The number of hydrogen-bond acceptors (Lipinski definition) is 5. The highest BCUT2D eigenvalue weighted by Crippen LogP contribution is 2.39. The van der Waals surface area contributed by atoms with E-state index in [1.807, 2.05) is 56.5 Å². The summed E-state index contributed by atoms with van der Waals surface area (Å²) in [5.41, 5.74) is 1.72. The smallest absolute Gasteiger partial charge is 0.291 e. The maximum atomic E-state index is 13.0. The summed E-state index contributed by atoms with van der Waals surface area (Å²) in [4.78, 5) is 32.6. The van der Waals surface area contributed by atoms with Gasteiger partial charge in [-0.15, -0.1) is 11.3 Å². The molecule has 1 aliphatic heterocycles. The molecule has 0 saturated carbocycles. The zero-order valence-electron chi connectivity index (χ0n) is 15.2. The maximum Gasteiger partial charge on any atom is 0.325 e. The SMILES string of the molecule is CCC(=O)N1c2ccccc2-c2c(=O)[nH]c(SC)n[n+]2[C@@H]1c1ccc(C)s1. The van der Waals surface area contributed by atoms with Crippen LogP contribution in [0.25, 0.3) is 11.3 Å². The third kappa shape index (κ3) is 2.89. The maximum absolute atomic E-state index is 13.0. The van der Waals surface area contributed by atoms with E-state index in [4.69, 9.17) is 0 Å². The molecule has 27 heavy (non-hydrogen) atoms. The summed E-state index contributed by atoms with van der Waals surface area (Å²) >= 11 is 2.98. The molecule has 0 fully saturated rings. The molecule has 2 aromatic heterocycles. The number of amides is 1. The number of carbonyl (C=O) groups is 1. The predicted octanol–water partition coefficient (Wildman–Crippen LogP) is 3.12. The second-order valence-corrected chi connectivity index (χ2v) is 8.33. The van der Waals surface area contributed by atoms with E-state index in [9.17, 15) is 9.59 Å². The van der Waals surface area contributed by atoms with E-state index >= 15 is 0 Å². The third-order valence-electron chi connectivity index (χ3n) is 4.54. The molecule has 4 rings (SSSR count). The number of fused-ring (bicyclic) bond motifs is 3. The molecule has 1 atom stereocenters. The number of nitrogens with zero attached hydrogens (tertiary/aromatic N) is 3. The number of thioether (sulfide) groups is 1. The van der Waals surface area contributed by atoms with Gasteiger partial charge in [-0.1, -0.05) is 30.8 Å². The van der Waals surface area contributed by atoms with Crippen LogP contribution in [0.3, 0.4) is 0 Å². The van der Waals surface area contributed by atoms with Crippen molar-refractivity contribution in [3.63, 3.8) is 0 Å². The Balaban J connectivity index is 2.09. The van der Waals surface area contributed by atoms with Crippen molar-refractivity contribution in [3.05, 3.63) is 56.5 Å². The van der Waals surface area contributed by atoms with Gasteiger partial charge in [0.15, 0.2) is 0 Å². The van der Waals surface area contributed by atoms with Crippen molar-refractivity contribution in [2.24, 2.45) is 0 Å². The van der Waals surface area contributed by atoms with Gasteiger partial charge in [0.25, 0.3) is 0 Å². The zero-order chi connectivity index (χ0) is 19.1. The Morgan fingerprint density at radius 3 is 2.78 bits per heavy atom. The molecule has 1 N–H and O–H groups in total. The molecule has 1 aromatic carbocycles. The van der Waals surface area contributed by atoms with Crippen molar-refractivity contribution in [2.75, 3.05) is 11.2 Å². The molecule has 8 heteroatoms. The van der Waals surface area contributed by atoms with E-state index in [2.05, 4.69) is 10.1 Å². The molecule has 138 valence electrons.